The van der Waals surface area contributed by atoms with E-state index in [1.165, 1.54) is 11.1 Å². The zero-order valence-electron chi connectivity index (χ0n) is 14.9. The van der Waals surface area contributed by atoms with Gasteiger partial charge in [0, 0.05) is 32.7 Å². The Morgan fingerprint density at radius 2 is 1.84 bits per heavy atom. The van der Waals surface area contributed by atoms with Crippen molar-refractivity contribution in [3.63, 3.8) is 0 Å². The first-order valence-corrected chi connectivity index (χ1v) is 9.06. The molecule has 136 valence electrons. The van der Waals surface area contributed by atoms with E-state index in [4.69, 9.17) is 0 Å². The molecule has 0 unspecified atom stereocenters. The third-order valence-corrected chi connectivity index (χ3v) is 5.37. The molecule has 25 heavy (non-hydrogen) atoms. The quantitative estimate of drug-likeness (QED) is 0.868. The summed E-state index contributed by atoms with van der Waals surface area (Å²) < 4.78 is 0. The Labute approximate surface area is 149 Å². The molecule has 2 heterocycles. The van der Waals surface area contributed by atoms with Crippen LogP contribution in [0.15, 0.2) is 24.3 Å². The van der Waals surface area contributed by atoms with Crippen LogP contribution in [-0.2, 0) is 16.1 Å². The molecule has 0 saturated carbocycles. The molecular formula is C19H27N3O3. The molecule has 1 atom stereocenters. The Balaban J connectivity index is 1.48. The highest BCUT2D eigenvalue weighted by Crippen LogP contribution is 2.18. The molecule has 1 aromatic rings. The number of hydrogen-bond acceptors (Lipinski definition) is 4. The fourth-order valence-corrected chi connectivity index (χ4v) is 3.75. The molecule has 0 radical (unpaired) electrons. The van der Waals surface area contributed by atoms with Crippen LogP contribution in [0.2, 0.25) is 0 Å². The predicted octanol–water partition coefficient (Wildman–Crippen LogP) is 1.19. The number of carboxylic acid groups (broad SMARTS) is 1. The van der Waals surface area contributed by atoms with Crippen LogP contribution in [0, 0.1) is 6.92 Å². The zero-order valence-corrected chi connectivity index (χ0v) is 14.9. The Hall–Kier alpha value is -1.92. The van der Waals surface area contributed by atoms with Crippen molar-refractivity contribution in [2.24, 2.45) is 0 Å². The lowest BCUT2D eigenvalue weighted by atomic mass is 10.1. The molecule has 6 nitrogen and oxygen atoms in total. The smallest absolute Gasteiger partial charge is 0.320 e. The molecule has 2 fully saturated rings. The second-order valence-corrected chi connectivity index (χ2v) is 7.05. The maximum Gasteiger partial charge on any atom is 0.320 e. The van der Waals surface area contributed by atoms with Crippen LogP contribution in [0.1, 0.15) is 24.0 Å². The average molecular weight is 345 g/mol. The third kappa shape index (κ3) is 4.38. The number of carboxylic acids is 1. The van der Waals surface area contributed by atoms with E-state index >= 15 is 0 Å². The molecule has 0 spiro atoms. The van der Waals surface area contributed by atoms with Gasteiger partial charge < -0.3 is 10.0 Å². The topological polar surface area (TPSA) is 64.1 Å². The van der Waals surface area contributed by atoms with Crippen molar-refractivity contribution in [1.29, 1.82) is 0 Å². The number of amides is 1. The van der Waals surface area contributed by atoms with Gasteiger partial charge in [-0.3, -0.25) is 19.4 Å². The van der Waals surface area contributed by atoms with E-state index in [1.54, 1.807) is 0 Å². The molecule has 0 aromatic heterocycles. The number of carbonyl (C=O) groups is 2. The van der Waals surface area contributed by atoms with Crippen LogP contribution in [0.3, 0.4) is 0 Å². The number of likely N-dealkylation sites (tertiary alicyclic amines) is 1. The van der Waals surface area contributed by atoms with E-state index < -0.39 is 12.0 Å². The molecule has 1 amide bonds. The van der Waals surface area contributed by atoms with Crippen LogP contribution in [0.25, 0.3) is 0 Å². The molecule has 1 aromatic carbocycles. The summed E-state index contributed by atoms with van der Waals surface area (Å²) in [5.41, 5.74) is 2.64. The number of rotatable bonds is 5. The maximum atomic E-state index is 12.5. The summed E-state index contributed by atoms with van der Waals surface area (Å²) in [7, 11) is 0. The number of carbonyl (C=O) groups excluding carboxylic acids is 1. The normalized spacial score (nSPS) is 22.3. The van der Waals surface area contributed by atoms with E-state index in [0.29, 0.717) is 13.0 Å². The summed E-state index contributed by atoms with van der Waals surface area (Å²) in [6, 6.07) is 7.91. The highest BCUT2D eigenvalue weighted by molar-refractivity contribution is 5.80. The van der Waals surface area contributed by atoms with Gasteiger partial charge in [-0.15, -0.1) is 0 Å². The highest BCUT2D eigenvalue weighted by Gasteiger charge is 2.33. The van der Waals surface area contributed by atoms with E-state index in [-0.39, 0.29) is 12.5 Å². The Morgan fingerprint density at radius 3 is 2.52 bits per heavy atom. The number of hydrogen-bond donors (Lipinski definition) is 1. The number of nitrogens with zero attached hydrogens (tertiary/aromatic N) is 3. The summed E-state index contributed by atoms with van der Waals surface area (Å²) in [5.74, 6) is -0.753. The van der Waals surface area contributed by atoms with E-state index in [2.05, 4.69) is 36.1 Å². The standard InChI is InChI=1S/C19H27N3O3/c1-15-5-2-3-6-16(15)13-20-9-11-21(12-10-20)18(23)14-22-8-4-7-17(22)19(24)25/h2-3,5-6,17H,4,7-14H2,1H3,(H,24,25)/t17-/m1/s1. The van der Waals surface area contributed by atoms with Gasteiger partial charge in [0.15, 0.2) is 0 Å². The van der Waals surface area contributed by atoms with Crippen molar-refractivity contribution < 1.29 is 14.7 Å². The Morgan fingerprint density at radius 1 is 1.12 bits per heavy atom. The van der Waals surface area contributed by atoms with Crippen molar-refractivity contribution in [2.45, 2.75) is 32.4 Å². The van der Waals surface area contributed by atoms with Crippen LogP contribution >= 0.6 is 0 Å². The largest absolute Gasteiger partial charge is 0.480 e. The molecule has 3 rings (SSSR count). The lowest BCUT2D eigenvalue weighted by Gasteiger charge is -2.36. The van der Waals surface area contributed by atoms with Crippen LogP contribution < -0.4 is 0 Å². The van der Waals surface area contributed by atoms with Gasteiger partial charge in [-0.2, -0.15) is 0 Å². The molecule has 6 heteroatoms. The zero-order chi connectivity index (χ0) is 17.8. The van der Waals surface area contributed by atoms with Gasteiger partial charge in [0.05, 0.1) is 6.54 Å². The van der Waals surface area contributed by atoms with Crippen LogP contribution in [-0.4, -0.2) is 77.0 Å². The fourth-order valence-electron chi connectivity index (χ4n) is 3.75. The van der Waals surface area contributed by atoms with Crippen LogP contribution in [0.5, 0.6) is 0 Å². The number of benzene rings is 1. The molecular weight excluding hydrogens is 318 g/mol. The van der Waals surface area contributed by atoms with Gasteiger partial charge in [0.1, 0.15) is 6.04 Å². The second-order valence-electron chi connectivity index (χ2n) is 7.05. The molecule has 1 N–H and O–H groups in total. The van der Waals surface area contributed by atoms with Gasteiger partial charge in [0.25, 0.3) is 0 Å². The number of piperazine rings is 1. The van der Waals surface area contributed by atoms with Crippen molar-refractivity contribution in [1.82, 2.24) is 14.7 Å². The maximum absolute atomic E-state index is 12.5. The average Bonchev–Trinajstić information content (AvgIpc) is 3.06. The van der Waals surface area contributed by atoms with Crippen molar-refractivity contribution in [3.05, 3.63) is 35.4 Å². The van der Waals surface area contributed by atoms with Gasteiger partial charge in [-0.25, -0.2) is 0 Å². The van der Waals surface area contributed by atoms with Crippen molar-refractivity contribution >= 4 is 11.9 Å². The van der Waals surface area contributed by atoms with Gasteiger partial charge in [0.2, 0.25) is 5.91 Å². The fraction of sp³-hybridized carbons (Fsp3) is 0.579. The minimum absolute atomic E-state index is 0.0590. The Bertz CT molecular complexity index is 626. The first kappa shape index (κ1) is 17.9. The van der Waals surface area contributed by atoms with E-state index in [9.17, 15) is 14.7 Å². The highest BCUT2D eigenvalue weighted by atomic mass is 16.4. The molecule has 2 aliphatic rings. The molecule has 0 bridgehead atoms. The lowest BCUT2D eigenvalue weighted by Crippen LogP contribution is -2.51. The molecule has 2 aliphatic heterocycles. The molecule has 2 saturated heterocycles. The van der Waals surface area contributed by atoms with E-state index in [0.717, 1.165) is 39.1 Å². The Kier molecular flexibility index (Phi) is 5.71. The van der Waals surface area contributed by atoms with Crippen molar-refractivity contribution in [3.8, 4) is 0 Å². The van der Waals surface area contributed by atoms with E-state index in [1.807, 2.05) is 9.80 Å². The van der Waals surface area contributed by atoms with Gasteiger partial charge in [-0.1, -0.05) is 24.3 Å². The number of aliphatic carboxylic acids is 1. The van der Waals surface area contributed by atoms with Gasteiger partial charge in [-0.05, 0) is 37.4 Å². The first-order valence-electron chi connectivity index (χ1n) is 9.06. The second kappa shape index (κ2) is 7.97. The summed E-state index contributed by atoms with van der Waals surface area (Å²) in [6.45, 7) is 7.15. The van der Waals surface area contributed by atoms with Crippen LogP contribution in [0.4, 0.5) is 0 Å². The summed E-state index contributed by atoms with van der Waals surface area (Å²) in [4.78, 5) is 29.8. The summed E-state index contributed by atoms with van der Waals surface area (Å²) in [5, 5.41) is 9.23. The van der Waals surface area contributed by atoms with Gasteiger partial charge >= 0.3 is 5.97 Å². The predicted molar refractivity (Wildman–Crippen MR) is 95.3 cm³/mol. The number of aryl methyl sites for hydroxylation is 1. The third-order valence-electron chi connectivity index (χ3n) is 5.37. The minimum atomic E-state index is -0.812. The minimum Gasteiger partial charge on any atom is -0.480 e. The SMILES string of the molecule is Cc1ccccc1CN1CCN(C(=O)CN2CCC[C@@H]2C(=O)O)CC1. The monoisotopic (exact) mass is 345 g/mol. The first-order chi connectivity index (χ1) is 12.0. The lowest BCUT2D eigenvalue weighted by molar-refractivity contribution is -0.143. The molecule has 0 aliphatic carbocycles. The summed E-state index contributed by atoms with van der Waals surface area (Å²) in [6.07, 6.45) is 1.50. The van der Waals surface area contributed by atoms with Crippen molar-refractivity contribution in [2.75, 3.05) is 39.3 Å². The summed E-state index contributed by atoms with van der Waals surface area (Å²) >= 11 is 0.